The highest BCUT2D eigenvalue weighted by Crippen LogP contribution is 2.36. The first-order valence-corrected chi connectivity index (χ1v) is 13.8. The summed E-state index contributed by atoms with van der Waals surface area (Å²) in [5.41, 5.74) is 4.44. The molecule has 4 aromatic heterocycles. The van der Waals surface area contributed by atoms with Gasteiger partial charge in [0.2, 0.25) is 0 Å². The zero-order valence-electron chi connectivity index (χ0n) is 21.8. The standard InChI is InChI=1S/C28H27F3N8S/c1-17-18(2-3-24-22(17)8-19(12-32)37-24)14-39-6-4-27(5-7-39,10-20-13-33-15-34-20)38-25-23-9-21(11-28(29,30)31)40-26(23)36-16-35-25/h2-3,8-9,13,15-16,37H,4-7,10-11,14H2,1H3,(H,33,34)(H,35,36,38). The first-order valence-electron chi connectivity index (χ1n) is 13.0. The van der Waals surface area contributed by atoms with Gasteiger partial charge in [-0.1, -0.05) is 6.07 Å². The van der Waals surface area contributed by atoms with Gasteiger partial charge in [-0.15, -0.1) is 11.3 Å². The number of aryl methyl sites for hydroxylation is 1. The topological polar surface area (TPSA) is 109 Å². The van der Waals surface area contributed by atoms with Gasteiger partial charge in [0.15, 0.2) is 0 Å². The molecule has 0 spiro atoms. The molecular formula is C28H27F3N8S. The third-order valence-corrected chi connectivity index (χ3v) is 8.77. The van der Waals surface area contributed by atoms with Crippen molar-refractivity contribution in [2.75, 3.05) is 18.4 Å². The average Bonchev–Trinajstić information content (AvgIpc) is 3.66. The molecule has 0 amide bonds. The summed E-state index contributed by atoms with van der Waals surface area (Å²) >= 11 is 1.05. The smallest absolute Gasteiger partial charge is 0.364 e. The second-order valence-corrected chi connectivity index (χ2v) is 11.6. The number of alkyl halides is 3. The van der Waals surface area contributed by atoms with E-state index in [1.165, 1.54) is 11.9 Å². The van der Waals surface area contributed by atoms with Crippen LogP contribution in [0.5, 0.6) is 0 Å². The number of nitriles is 1. The lowest BCUT2D eigenvalue weighted by molar-refractivity contribution is -0.126. The lowest BCUT2D eigenvalue weighted by Crippen LogP contribution is -2.50. The monoisotopic (exact) mass is 564 g/mol. The molecule has 0 bridgehead atoms. The maximum absolute atomic E-state index is 13.1. The second-order valence-electron chi connectivity index (χ2n) is 10.5. The van der Waals surface area contributed by atoms with E-state index in [1.807, 2.05) is 18.3 Å². The number of thiophene rings is 1. The molecule has 40 heavy (non-hydrogen) atoms. The number of aromatic amines is 2. The fourth-order valence-electron chi connectivity index (χ4n) is 5.63. The second kappa shape index (κ2) is 10.2. The Labute approximate surface area is 232 Å². The zero-order valence-corrected chi connectivity index (χ0v) is 22.6. The van der Waals surface area contributed by atoms with E-state index in [0.717, 1.165) is 66.0 Å². The molecular weight excluding hydrogens is 537 g/mol. The van der Waals surface area contributed by atoms with E-state index in [1.54, 1.807) is 12.4 Å². The molecule has 8 nitrogen and oxygen atoms in total. The van der Waals surface area contributed by atoms with Crippen molar-refractivity contribution in [1.82, 2.24) is 29.8 Å². The number of hydrogen-bond acceptors (Lipinski definition) is 7. The zero-order chi connectivity index (χ0) is 27.9. The highest BCUT2D eigenvalue weighted by molar-refractivity contribution is 7.18. The van der Waals surface area contributed by atoms with Crippen molar-refractivity contribution in [3.8, 4) is 6.07 Å². The Bertz CT molecular complexity index is 1690. The van der Waals surface area contributed by atoms with E-state index in [-0.39, 0.29) is 10.4 Å². The van der Waals surface area contributed by atoms with Gasteiger partial charge in [0.25, 0.3) is 0 Å². The summed E-state index contributed by atoms with van der Waals surface area (Å²) in [4.78, 5) is 22.5. The van der Waals surface area contributed by atoms with Crippen LogP contribution in [0.2, 0.25) is 0 Å². The number of halogens is 3. The Morgan fingerprint density at radius 3 is 2.70 bits per heavy atom. The Kier molecular flexibility index (Phi) is 6.72. The lowest BCUT2D eigenvalue weighted by atomic mass is 9.83. The molecule has 0 saturated carbocycles. The summed E-state index contributed by atoms with van der Waals surface area (Å²) in [6.07, 6.45) is 1.94. The summed E-state index contributed by atoms with van der Waals surface area (Å²) in [5, 5.41) is 14.6. The summed E-state index contributed by atoms with van der Waals surface area (Å²) < 4.78 is 39.2. The van der Waals surface area contributed by atoms with Crippen molar-refractivity contribution in [1.29, 1.82) is 5.26 Å². The summed E-state index contributed by atoms with van der Waals surface area (Å²) in [6, 6.07) is 9.78. The van der Waals surface area contributed by atoms with E-state index >= 15 is 0 Å². The quantitative estimate of drug-likeness (QED) is 0.228. The number of piperidine rings is 1. The van der Waals surface area contributed by atoms with Gasteiger partial charge in [0.05, 0.1) is 23.8 Å². The van der Waals surface area contributed by atoms with Gasteiger partial charge >= 0.3 is 6.18 Å². The number of imidazole rings is 1. The van der Waals surface area contributed by atoms with E-state index in [2.05, 4.69) is 54.2 Å². The number of anilines is 1. The minimum Gasteiger partial charge on any atom is -0.364 e. The molecule has 3 N–H and O–H groups in total. The maximum Gasteiger partial charge on any atom is 0.393 e. The van der Waals surface area contributed by atoms with Crippen LogP contribution in [0.3, 0.4) is 0 Å². The van der Waals surface area contributed by atoms with Crippen LogP contribution in [0.4, 0.5) is 19.0 Å². The number of nitrogens with zero attached hydrogens (tertiary/aromatic N) is 5. The highest BCUT2D eigenvalue weighted by Gasteiger charge is 2.37. The summed E-state index contributed by atoms with van der Waals surface area (Å²) in [6.45, 7) is 4.52. The Hall–Kier alpha value is -3.95. The molecule has 0 unspecified atom stereocenters. The van der Waals surface area contributed by atoms with E-state index in [4.69, 9.17) is 0 Å². The number of rotatable bonds is 7. The molecule has 1 aliphatic heterocycles. The average molecular weight is 565 g/mol. The van der Waals surface area contributed by atoms with E-state index < -0.39 is 12.6 Å². The van der Waals surface area contributed by atoms with Gasteiger partial charge in [-0.2, -0.15) is 18.4 Å². The van der Waals surface area contributed by atoms with Crippen LogP contribution in [0.1, 0.15) is 40.2 Å². The fourth-order valence-corrected chi connectivity index (χ4v) is 6.65. The van der Waals surface area contributed by atoms with Crippen LogP contribution in [0.15, 0.2) is 43.1 Å². The van der Waals surface area contributed by atoms with Gasteiger partial charge in [0.1, 0.15) is 28.7 Å². The van der Waals surface area contributed by atoms with Crippen LogP contribution in [0.25, 0.3) is 21.1 Å². The molecule has 0 radical (unpaired) electrons. The molecule has 1 aromatic carbocycles. The Morgan fingerprint density at radius 1 is 1.15 bits per heavy atom. The molecule has 206 valence electrons. The van der Waals surface area contributed by atoms with Crippen molar-refractivity contribution in [2.24, 2.45) is 0 Å². The number of aromatic nitrogens is 5. The highest BCUT2D eigenvalue weighted by atomic mass is 32.1. The van der Waals surface area contributed by atoms with Crippen LogP contribution in [-0.2, 0) is 19.4 Å². The molecule has 5 aromatic rings. The number of nitrogens with one attached hydrogen (secondary N) is 3. The molecule has 12 heteroatoms. The van der Waals surface area contributed by atoms with Crippen LogP contribution in [-0.4, -0.2) is 54.6 Å². The van der Waals surface area contributed by atoms with Crippen LogP contribution < -0.4 is 5.32 Å². The summed E-state index contributed by atoms with van der Waals surface area (Å²) in [7, 11) is 0. The van der Waals surface area contributed by atoms with Gasteiger partial charge in [-0.25, -0.2) is 15.0 Å². The number of hydrogen-bond donors (Lipinski definition) is 3. The third kappa shape index (κ3) is 5.39. The van der Waals surface area contributed by atoms with E-state index in [9.17, 15) is 18.4 Å². The van der Waals surface area contributed by atoms with Gasteiger partial charge in [0, 0.05) is 53.6 Å². The SMILES string of the molecule is Cc1c(CN2CCC(Cc3c[nH]cn3)(Nc3ncnc4sc(CC(F)(F)F)cc34)CC2)ccc2[nH]c(C#N)cc12. The molecule has 0 atom stereocenters. The first kappa shape index (κ1) is 26.3. The van der Waals surface area contributed by atoms with Gasteiger partial charge in [-0.05, 0) is 49.1 Å². The van der Waals surface area contributed by atoms with Crippen molar-refractivity contribution in [3.05, 3.63) is 70.5 Å². The largest absolute Gasteiger partial charge is 0.393 e. The molecule has 1 saturated heterocycles. The number of benzene rings is 1. The fraction of sp³-hybridized carbons (Fsp3) is 0.357. The molecule has 1 aliphatic rings. The molecule has 6 rings (SSSR count). The van der Waals surface area contributed by atoms with Crippen molar-refractivity contribution < 1.29 is 13.2 Å². The number of fused-ring (bicyclic) bond motifs is 2. The van der Waals surface area contributed by atoms with Gasteiger partial charge < -0.3 is 15.3 Å². The lowest BCUT2D eigenvalue weighted by Gasteiger charge is -2.43. The minimum absolute atomic E-state index is 0.221. The Morgan fingerprint density at radius 2 is 1.98 bits per heavy atom. The predicted molar refractivity (Wildman–Crippen MR) is 148 cm³/mol. The predicted octanol–water partition coefficient (Wildman–Crippen LogP) is 5.87. The Balaban J connectivity index is 1.23. The molecule has 0 aliphatic carbocycles. The molecule has 1 fully saturated rings. The number of H-pyrrole nitrogens is 2. The summed E-state index contributed by atoms with van der Waals surface area (Å²) in [5.74, 6) is 0.556. The number of likely N-dealkylation sites (tertiary alicyclic amines) is 1. The van der Waals surface area contributed by atoms with Crippen LogP contribution in [0, 0.1) is 18.3 Å². The minimum atomic E-state index is -4.28. The van der Waals surface area contributed by atoms with Crippen molar-refractivity contribution >= 4 is 38.3 Å². The van der Waals surface area contributed by atoms with Gasteiger partial charge in [-0.3, -0.25) is 4.90 Å². The molecule has 5 heterocycles. The van der Waals surface area contributed by atoms with E-state index in [0.29, 0.717) is 28.1 Å². The maximum atomic E-state index is 13.1. The first-order chi connectivity index (χ1) is 19.2. The third-order valence-electron chi connectivity index (χ3n) is 7.73. The van der Waals surface area contributed by atoms with Crippen LogP contribution >= 0.6 is 11.3 Å². The van der Waals surface area contributed by atoms with Crippen molar-refractivity contribution in [3.63, 3.8) is 0 Å². The normalized spacial score (nSPS) is 16.0. The van der Waals surface area contributed by atoms with Crippen molar-refractivity contribution in [2.45, 2.75) is 50.9 Å².